The number of amides is 1. The molecule has 0 aromatic heterocycles. The Hall–Kier alpha value is -2.40. The fourth-order valence-corrected chi connectivity index (χ4v) is 3.91. The molecule has 156 valence electrons. The Balaban J connectivity index is 1.35. The van der Waals surface area contributed by atoms with E-state index < -0.39 is 0 Å². The largest absolute Gasteiger partial charge is 0.445 e. The first kappa shape index (κ1) is 21.3. The maximum absolute atomic E-state index is 12.9. The number of hydrogen-bond acceptors (Lipinski definition) is 3. The van der Waals surface area contributed by atoms with E-state index in [0.29, 0.717) is 12.5 Å². The van der Waals surface area contributed by atoms with E-state index >= 15 is 0 Å². The van der Waals surface area contributed by atoms with Gasteiger partial charge in [0.15, 0.2) is 0 Å². The van der Waals surface area contributed by atoms with Crippen LogP contribution in [-0.2, 0) is 17.8 Å². The van der Waals surface area contributed by atoms with Gasteiger partial charge in [0.25, 0.3) is 0 Å². The van der Waals surface area contributed by atoms with Crippen molar-refractivity contribution >= 4 is 6.09 Å². The second kappa shape index (κ2) is 11.6. The quantitative estimate of drug-likeness (QED) is 0.595. The highest BCUT2D eigenvalue weighted by atomic mass is 19.1. The number of ether oxygens (including phenoxy) is 1. The molecular weight excluding hydrogens is 367 g/mol. The SMILES string of the molecule is O=C(NC1CCCCC1CNCCCc1ccc(F)cc1)OCc1ccccc1. The first-order valence-electron chi connectivity index (χ1n) is 10.6. The van der Waals surface area contributed by atoms with Crippen LogP contribution in [0.2, 0.25) is 0 Å². The van der Waals surface area contributed by atoms with Crippen molar-refractivity contribution in [2.45, 2.75) is 51.2 Å². The molecule has 1 amide bonds. The highest BCUT2D eigenvalue weighted by Crippen LogP contribution is 2.24. The van der Waals surface area contributed by atoms with Gasteiger partial charge in [-0.25, -0.2) is 9.18 Å². The number of benzene rings is 2. The minimum Gasteiger partial charge on any atom is -0.445 e. The molecule has 5 heteroatoms. The Morgan fingerprint density at radius 2 is 1.76 bits per heavy atom. The standard InChI is InChI=1S/C24H31FN2O2/c25-22-14-12-19(13-15-22)9-6-16-26-17-21-10-4-5-11-23(21)27-24(28)29-18-20-7-2-1-3-8-20/h1-3,7-8,12-15,21,23,26H,4-6,9-11,16-18H2,(H,27,28). The van der Waals surface area contributed by atoms with Crippen LogP contribution in [0.1, 0.15) is 43.2 Å². The van der Waals surface area contributed by atoms with Crippen molar-refractivity contribution in [1.29, 1.82) is 0 Å². The zero-order chi connectivity index (χ0) is 20.3. The van der Waals surface area contributed by atoms with Gasteiger partial charge in [-0.05, 0) is 68.0 Å². The molecule has 0 aliphatic heterocycles. The predicted octanol–water partition coefficient (Wildman–Crippen LogP) is 4.83. The zero-order valence-electron chi connectivity index (χ0n) is 16.9. The van der Waals surface area contributed by atoms with Crippen LogP contribution >= 0.6 is 0 Å². The summed E-state index contributed by atoms with van der Waals surface area (Å²) in [6.45, 7) is 2.11. The van der Waals surface area contributed by atoms with Crippen LogP contribution in [0.4, 0.5) is 9.18 Å². The molecule has 0 heterocycles. The first-order chi connectivity index (χ1) is 14.2. The van der Waals surface area contributed by atoms with E-state index in [1.54, 1.807) is 0 Å². The molecule has 2 aromatic rings. The van der Waals surface area contributed by atoms with E-state index in [0.717, 1.165) is 56.3 Å². The molecule has 3 rings (SSSR count). The van der Waals surface area contributed by atoms with E-state index in [1.807, 2.05) is 42.5 Å². The van der Waals surface area contributed by atoms with Crippen molar-refractivity contribution in [3.05, 3.63) is 71.5 Å². The van der Waals surface area contributed by atoms with Gasteiger partial charge in [0.1, 0.15) is 12.4 Å². The molecule has 4 nitrogen and oxygen atoms in total. The Bertz CT molecular complexity index is 736. The third kappa shape index (κ3) is 7.50. The number of nitrogens with one attached hydrogen (secondary N) is 2. The maximum atomic E-state index is 12.9. The van der Waals surface area contributed by atoms with Gasteiger partial charge in [0.05, 0.1) is 0 Å². The molecule has 2 unspecified atom stereocenters. The Labute approximate surface area is 172 Å². The third-order valence-corrected chi connectivity index (χ3v) is 5.56. The van der Waals surface area contributed by atoms with Gasteiger partial charge in [0.2, 0.25) is 0 Å². The average molecular weight is 399 g/mol. The normalized spacial score (nSPS) is 18.9. The summed E-state index contributed by atoms with van der Waals surface area (Å²) in [4.78, 5) is 12.2. The lowest BCUT2D eigenvalue weighted by Crippen LogP contribution is -2.45. The van der Waals surface area contributed by atoms with E-state index in [4.69, 9.17) is 4.74 Å². The number of carbonyl (C=O) groups excluding carboxylic acids is 1. The Morgan fingerprint density at radius 1 is 1.00 bits per heavy atom. The number of rotatable bonds is 9. The van der Waals surface area contributed by atoms with Crippen LogP contribution in [-0.4, -0.2) is 25.2 Å². The molecule has 1 aliphatic carbocycles. The summed E-state index contributed by atoms with van der Waals surface area (Å²) < 4.78 is 18.3. The van der Waals surface area contributed by atoms with Crippen LogP contribution in [0.25, 0.3) is 0 Å². The van der Waals surface area contributed by atoms with Gasteiger partial charge < -0.3 is 15.4 Å². The molecule has 0 spiro atoms. The fourth-order valence-electron chi connectivity index (χ4n) is 3.91. The minimum atomic E-state index is -0.331. The number of aryl methyl sites for hydroxylation is 1. The third-order valence-electron chi connectivity index (χ3n) is 5.56. The summed E-state index contributed by atoms with van der Waals surface area (Å²) in [7, 11) is 0. The van der Waals surface area contributed by atoms with E-state index in [1.165, 1.54) is 18.6 Å². The lowest BCUT2D eigenvalue weighted by atomic mass is 9.84. The summed E-state index contributed by atoms with van der Waals surface area (Å²) in [6, 6.07) is 16.6. The van der Waals surface area contributed by atoms with Gasteiger partial charge in [-0.3, -0.25) is 0 Å². The smallest absolute Gasteiger partial charge is 0.407 e. The van der Waals surface area contributed by atoms with E-state index in [9.17, 15) is 9.18 Å². The fraction of sp³-hybridized carbons (Fsp3) is 0.458. The van der Waals surface area contributed by atoms with Crippen LogP contribution in [0.3, 0.4) is 0 Å². The van der Waals surface area contributed by atoms with Crippen molar-refractivity contribution < 1.29 is 13.9 Å². The second-order valence-electron chi connectivity index (χ2n) is 7.79. The molecule has 2 aromatic carbocycles. The van der Waals surface area contributed by atoms with Crippen molar-refractivity contribution in [2.24, 2.45) is 5.92 Å². The van der Waals surface area contributed by atoms with Gasteiger partial charge in [-0.2, -0.15) is 0 Å². The summed E-state index contributed by atoms with van der Waals surface area (Å²) in [5, 5.41) is 6.61. The summed E-state index contributed by atoms with van der Waals surface area (Å²) in [5.74, 6) is 0.240. The first-order valence-corrected chi connectivity index (χ1v) is 10.6. The molecule has 1 fully saturated rings. The number of alkyl carbamates (subject to hydrolysis) is 1. The van der Waals surface area contributed by atoms with E-state index in [2.05, 4.69) is 10.6 Å². The lowest BCUT2D eigenvalue weighted by Gasteiger charge is -2.32. The summed E-state index contributed by atoms with van der Waals surface area (Å²) in [6.07, 6.45) is 6.09. The highest BCUT2D eigenvalue weighted by molar-refractivity contribution is 5.67. The highest BCUT2D eigenvalue weighted by Gasteiger charge is 2.26. The molecular formula is C24H31FN2O2. The summed E-state index contributed by atoms with van der Waals surface area (Å²) in [5.41, 5.74) is 2.15. The van der Waals surface area contributed by atoms with Crippen LogP contribution < -0.4 is 10.6 Å². The van der Waals surface area contributed by atoms with Gasteiger partial charge in [-0.15, -0.1) is 0 Å². The summed E-state index contributed by atoms with van der Waals surface area (Å²) >= 11 is 0. The maximum Gasteiger partial charge on any atom is 0.407 e. The van der Waals surface area contributed by atoms with Crippen LogP contribution in [0.5, 0.6) is 0 Å². The monoisotopic (exact) mass is 398 g/mol. The average Bonchev–Trinajstić information content (AvgIpc) is 2.75. The molecule has 29 heavy (non-hydrogen) atoms. The molecule has 0 radical (unpaired) electrons. The molecule has 1 saturated carbocycles. The Kier molecular flexibility index (Phi) is 8.50. The van der Waals surface area contributed by atoms with Crippen LogP contribution in [0, 0.1) is 11.7 Å². The molecule has 0 saturated heterocycles. The molecule has 2 N–H and O–H groups in total. The van der Waals surface area contributed by atoms with Gasteiger partial charge in [-0.1, -0.05) is 55.3 Å². The minimum absolute atomic E-state index is 0.164. The van der Waals surface area contributed by atoms with Crippen molar-refractivity contribution in [1.82, 2.24) is 10.6 Å². The van der Waals surface area contributed by atoms with Gasteiger partial charge in [0, 0.05) is 6.04 Å². The Morgan fingerprint density at radius 3 is 2.55 bits per heavy atom. The number of hydrogen-bond donors (Lipinski definition) is 2. The topological polar surface area (TPSA) is 50.4 Å². The van der Waals surface area contributed by atoms with Crippen molar-refractivity contribution in [3.63, 3.8) is 0 Å². The van der Waals surface area contributed by atoms with Crippen molar-refractivity contribution in [3.8, 4) is 0 Å². The lowest BCUT2D eigenvalue weighted by molar-refractivity contribution is 0.126. The van der Waals surface area contributed by atoms with Crippen LogP contribution in [0.15, 0.2) is 54.6 Å². The van der Waals surface area contributed by atoms with Crippen molar-refractivity contribution in [2.75, 3.05) is 13.1 Å². The molecule has 2 atom stereocenters. The predicted molar refractivity (Wildman–Crippen MR) is 113 cm³/mol. The van der Waals surface area contributed by atoms with E-state index in [-0.39, 0.29) is 18.0 Å². The number of carbonyl (C=O) groups is 1. The molecule has 1 aliphatic rings. The zero-order valence-corrected chi connectivity index (χ0v) is 16.9. The number of halogens is 1. The molecule has 0 bridgehead atoms. The van der Waals surface area contributed by atoms with Gasteiger partial charge >= 0.3 is 6.09 Å². The second-order valence-corrected chi connectivity index (χ2v) is 7.79.